The Balaban J connectivity index is 0.00000180. The largest absolute Gasteiger partial charge is 0.481 e. The van der Waals surface area contributed by atoms with Crippen LogP contribution in [0.3, 0.4) is 0 Å². The number of carboxylic acid groups (broad SMARTS) is 1. The maximum Gasteiger partial charge on any atom is 0.308 e. The minimum Gasteiger partial charge on any atom is -0.481 e. The second-order valence-electron chi connectivity index (χ2n) is 4.79. The van der Waals surface area contributed by atoms with Gasteiger partial charge < -0.3 is 10.0 Å². The van der Waals surface area contributed by atoms with Gasteiger partial charge >= 0.3 is 5.97 Å². The van der Waals surface area contributed by atoms with E-state index in [0.29, 0.717) is 19.5 Å². The van der Waals surface area contributed by atoms with Crippen molar-refractivity contribution < 1.29 is 14.7 Å². The molecule has 0 spiro atoms. The number of likely N-dealkylation sites (tertiary alicyclic amines) is 1. The molecule has 1 aromatic rings. The third kappa shape index (κ3) is 3.94. The van der Waals surface area contributed by atoms with Gasteiger partial charge in [-0.3, -0.25) is 9.59 Å². The Bertz CT molecular complexity index is 435. The lowest BCUT2D eigenvalue weighted by Gasteiger charge is -2.20. The van der Waals surface area contributed by atoms with Gasteiger partial charge in [-0.25, -0.2) is 0 Å². The number of rotatable bonds is 4. The summed E-state index contributed by atoms with van der Waals surface area (Å²) in [5.74, 6) is -1.18. The summed E-state index contributed by atoms with van der Waals surface area (Å²) < 4.78 is 0. The molecule has 2 unspecified atom stereocenters. The molecule has 1 amide bonds. The van der Waals surface area contributed by atoms with Crippen LogP contribution in [-0.4, -0.2) is 35.0 Å². The SMILES string of the molecule is CC(Cc1cccs1)C(=O)N1CCC(C(=O)O)C1.Cl. The molecule has 2 atom stereocenters. The molecule has 1 N–H and O–H groups in total. The highest BCUT2D eigenvalue weighted by Gasteiger charge is 2.32. The van der Waals surface area contributed by atoms with Crippen molar-refractivity contribution in [1.82, 2.24) is 4.90 Å². The van der Waals surface area contributed by atoms with Gasteiger partial charge in [0.15, 0.2) is 0 Å². The maximum atomic E-state index is 12.2. The molecule has 0 aliphatic carbocycles. The minimum absolute atomic E-state index is 0. The van der Waals surface area contributed by atoms with Gasteiger partial charge in [-0.2, -0.15) is 0 Å². The molecule has 6 heteroatoms. The number of carbonyl (C=O) groups excluding carboxylic acids is 1. The van der Waals surface area contributed by atoms with Crippen molar-refractivity contribution in [2.24, 2.45) is 11.8 Å². The fraction of sp³-hybridized carbons (Fsp3) is 0.538. The topological polar surface area (TPSA) is 57.6 Å². The van der Waals surface area contributed by atoms with Crippen molar-refractivity contribution in [3.8, 4) is 0 Å². The fourth-order valence-corrected chi connectivity index (χ4v) is 3.13. The highest BCUT2D eigenvalue weighted by molar-refractivity contribution is 7.09. The van der Waals surface area contributed by atoms with E-state index >= 15 is 0 Å². The van der Waals surface area contributed by atoms with E-state index in [4.69, 9.17) is 5.11 Å². The molecule has 4 nitrogen and oxygen atoms in total. The summed E-state index contributed by atoms with van der Waals surface area (Å²) in [6, 6.07) is 4.01. The van der Waals surface area contributed by atoms with E-state index in [0.717, 1.165) is 6.42 Å². The number of carboxylic acids is 1. The summed E-state index contributed by atoms with van der Waals surface area (Å²) in [6.45, 7) is 2.85. The normalized spacial score (nSPS) is 19.8. The molecule has 1 aromatic heterocycles. The van der Waals surface area contributed by atoms with Crippen molar-refractivity contribution >= 4 is 35.6 Å². The summed E-state index contributed by atoms with van der Waals surface area (Å²) in [5.41, 5.74) is 0. The predicted octanol–water partition coefficient (Wildman–Crippen LogP) is 2.28. The van der Waals surface area contributed by atoms with Gasteiger partial charge in [-0.1, -0.05) is 13.0 Å². The van der Waals surface area contributed by atoms with E-state index in [1.807, 2.05) is 24.4 Å². The molecule has 2 rings (SSSR count). The first-order valence-corrected chi connectivity index (χ1v) is 7.00. The second-order valence-corrected chi connectivity index (χ2v) is 5.82. The number of amides is 1. The van der Waals surface area contributed by atoms with Crippen LogP contribution in [0, 0.1) is 11.8 Å². The standard InChI is InChI=1S/C13H17NO3S.ClH/c1-9(7-11-3-2-6-18-11)12(15)14-5-4-10(8-14)13(16)17;/h2-3,6,9-10H,4-5,7-8H2,1H3,(H,16,17);1H. The zero-order chi connectivity index (χ0) is 13.1. The molecule has 1 saturated heterocycles. The third-order valence-corrected chi connectivity index (χ3v) is 4.26. The van der Waals surface area contributed by atoms with Crippen LogP contribution in [0.5, 0.6) is 0 Å². The molecule has 1 aliphatic rings. The molecule has 19 heavy (non-hydrogen) atoms. The van der Waals surface area contributed by atoms with E-state index in [2.05, 4.69) is 0 Å². The van der Waals surface area contributed by atoms with Gasteiger partial charge in [0.05, 0.1) is 5.92 Å². The highest BCUT2D eigenvalue weighted by atomic mass is 35.5. The molecular formula is C13H18ClNO3S. The molecule has 0 bridgehead atoms. The summed E-state index contributed by atoms with van der Waals surface area (Å²) in [4.78, 5) is 25.9. The lowest BCUT2D eigenvalue weighted by molar-refractivity contribution is -0.141. The van der Waals surface area contributed by atoms with Gasteiger partial charge in [-0.05, 0) is 24.3 Å². The van der Waals surface area contributed by atoms with Gasteiger partial charge in [0.1, 0.15) is 0 Å². The average molecular weight is 304 g/mol. The van der Waals surface area contributed by atoms with Gasteiger partial charge in [0.25, 0.3) is 0 Å². The summed E-state index contributed by atoms with van der Waals surface area (Å²) >= 11 is 1.65. The average Bonchev–Trinajstić information content (AvgIpc) is 2.98. The van der Waals surface area contributed by atoms with E-state index in [-0.39, 0.29) is 30.2 Å². The first-order chi connectivity index (χ1) is 8.58. The summed E-state index contributed by atoms with van der Waals surface area (Å²) in [6.07, 6.45) is 1.32. The molecular weight excluding hydrogens is 286 g/mol. The lowest BCUT2D eigenvalue weighted by Crippen LogP contribution is -2.34. The smallest absolute Gasteiger partial charge is 0.308 e. The first-order valence-electron chi connectivity index (χ1n) is 6.12. The zero-order valence-electron chi connectivity index (χ0n) is 10.7. The Morgan fingerprint density at radius 1 is 1.58 bits per heavy atom. The number of aliphatic carboxylic acids is 1. The molecule has 106 valence electrons. The Labute approximate surface area is 122 Å². The molecule has 1 fully saturated rings. The van der Waals surface area contributed by atoms with Crippen LogP contribution < -0.4 is 0 Å². The van der Waals surface area contributed by atoms with Gasteiger partial charge in [-0.15, -0.1) is 23.7 Å². The number of hydrogen-bond acceptors (Lipinski definition) is 3. The lowest BCUT2D eigenvalue weighted by atomic mass is 10.1. The zero-order valence-corrected chi connectivity index (χ0v) is 12.4. The van der Waals surface area contributed by atoms with Crippen LogP contribution in [0.4, 0.5) is 0 Å². The fourth-order valence-electron chi connectivity index (χ4n) is 2.29. The Morgan fingerprint density at radius 3 is 2.84 bits per heavy atom. The van der Waals surface area contributed by atoms with E-state index in [9.17, 15) is 9.59 Å². The maximum absolute atomic E-state index is 12.2. The van der Waals surface area contributed by atoms with E-state index in [1.165, 1.54) is 4.88 Å². The van der Waals surface area contributed by atoms with Crippen molar-refractivity contribution in [2.45, 2.75) is 19.8 Å². The quantitative estimate of drug-likeness (QED) is 0.928. The number of hydrogen-bond donors (Lipinski definition) is 1. The highest BCUT2D eigenvalue weighted by Crippen LogP contribution is 2.21. The number of carbonyl (C=O) groups is 2. The van der Waals surface area contributed by atoms with Crippen LogP contribution in [-0.2, 0) is 16.0 Å². The Morgan fingerprint density at radius 2 is 2.32 bits per heavy atom. The van der Waals surface area contributed by atoms with Crippen LogP contribution in [0.1, 0.15) is 18.2 Å². The van der Waals surface area contributed by atoms with Gasteiger partial charge in [0, 0.05) is 23.9 Å². The summed E-state index contributed by atoms with van der Waals surface area (Å²) in [5, 5.41) is 10.9. The van der Waals surface area contributed by atoms with E-state index in [1.54, 1.807) is 16.2 Å². The Kier molecular flexibility index (Phi) is 5.82. The van der Waals surface area contributed by atoms with Crippen LogP contribution in [0.15, 0.2) is 17.5 Å². The molecule has 2 heterocycles. The second kappa shape index (κ2) is 6.91. The van der Waals surface area contributed by atoms with Crippen molar-refractivity contribution in [3.63, 3.8) is 0 Å². The number of halogens is 1. The van der Waals surface area contributed by atoms with Crippen molar-refractivity contribution in [2.75, 3.05) is 13.1 Å². The minimum atomic E-state index is -0.795. The van der Waals surface area contributed by atoms with Crippen molar-refractivity contribution in [1.29, 1.82) is 0 Å². The summed E-state index contributed by atoms with van der Waals surface area (Å²) in [7, 11) is 0. The first kappa shape index (κ1) is 16.0. The van der Waals surface area contributed by atoms with Crippen molar-refractivity contribution in [3.05, 3.63) is 22.4 Å². The van der Waals surface area contributed by atoms with E-state index < -0.39 is 5.97 Å². The molecule has 0 saturated carbocycles. The van der Waals surface area contributed by atoms with Gasteiger partial charge in [0.2, 0.25) is 5.91 Å². The van der Waals surface area contributed by atoms with Crippen LogP contribution in [0.2, 0.25) is 0 Å². The molecule has 0 radical (unpaired) electrons. The predicted molar refractivity (Wildman–Crippen MR) is 76.8 cm³/mol. The monoisotopic (exact) mass is 303 g/mol. The van der Waals surface area contributed by atoms with Crippen LogP contribution >= 0.6 is 23.7 Å². The number of thiophene rings is 1. The molecule has 1 aliphatic heterocycles. The Hall–Kier alpha value is -1.07. The number of nitrogens with zero attached hydrogens (tertiary/aromatic N) is 1. The van der Waals surface area contributed by atoms with Crippen LogP contribution in [0.25, 0.3) is 0 Å². The molecule has 0 aromatic carbocycles. The third-order valence-electron chi connectivity index (χ3n) is 3.36.